The fourth-order valence-corrected chi connectivity index (χ4v) is 3.24. The molecular weight excluding hydrogens is 278 g/mol. The monoisotopic (exact) mass is 291 g/mol. The van der Waals surface area contributed by atoms with Crippen LogP contribution in [0.2, 0.25) is 0 Å². The van der Waals surface area contributed by atoms with Crippen LogP contribution in [0, 0.1) is 4.77 Å². The van der Waals surface area contributed by atoms with Gasteiger partial charge in [-0.2, -0.15) is 4.98 Å². The highest BCUT2D eigenvalue weighted by atomic mass is 32.1. The third kappa shape index (κ3) is 2.06. The average molecular weight is 291 g/mol. The van der Waals surface area contributed by atoms with Gasteiger partial charge in [-0.3, -0.25) is 4.57 Å². The lowest BCUT2D eigenvalue weighted by Crippen LogP contribution is -2.06. The predicted octanol–water partition coefficient (Wildman–Crippen LogP) is 3.77. The first-order chi connectivity index (χ1) is 9.20. The number of thiophene rings is 1. The quantitative estimate of drug-likeness (QED) is 0.747. The van der Waals surface area contributed by atoms with E-state index in [9.17, 15) is 0 Å². The Morgan fingerprint density at radius 1 is 1.42 bits per heavy atom. The van der Waals surface area contributed by atoms with Crippen molar-refractivity contribution in [1.29, 1.82) is 0 Å². The standard InChI is InChI=1S/C13H13N3OS2/c1-8(10-4-3-7-19-10)16-12-9(14-13(16)18)5-6-11(15-12)17-2/h3-8H,1-2H3,(H,14,18). The molecule has 0 saturated heterocycles. The van der Waals surface area contributed by atoms with E-state index in [1.807, 2.05) is 22.8 Å². The molecule has 19 heavy (non-hydrogen) atoms. The van der Waals surface area contributed by atoms with Crippen LogP contribution < -0.4 is 4.74 Å². The summed E-state index contributed by atoms with van der Waals surface area (Å²) in [6, 6.07) is 8.07. The number of pyridine rings is 1. The van der Waals surface area contributed by atoms with Gasteiger partial charge >= 0.3 is 0 Å². The first-order valence-corrected chi connectivity index (χ1v) is 7.18. The topological polar surface area (TPSA) is 42.8 Å². The third-order valence-electron chi connectivity index (χ3n) is 3.09. The second kappa shape index (κ2) is 4.79. The van der Waals surface area contributed by atoms with Gasteiger partial charge in [0.05, 0.1) is 18.7 Å². The van der Waals surface area contributed by atoms with Crippen molar-refractivity contribution in [2.75, 3.05) is 7.11 Å². The van der Waals surface area contributed by atoms with Crippen LogP contribution in [-0.2, 0) is 0 Å². The van der Waals surface area contributed by atoms with E-state index in [1.165, 1.54) is 4.88 Å². The molecule has 0 aliphatic carbocycles. The van der Waals surface area contributed by atoms with Crippen LogP contribution >= 0.6 is 23.6 Å². The number of hydrogen-bond acceptors (Lipinski definition) is 4. The zero-order chi connectivity index (χ0) is 13.4. The highest BCUT2D eigenvalue weighted by Gasteiger charge is 2.15. The molecule has 0 aliphatic heterocycles. The van der Waals surface area contributed by atoms with Gasteiger partial charge in [-0.05, 0) is 36.7 Å². The number of ether oxygens (including phenoxy) is 1. The summed E-state index contributed by atoms with van der Waals surface area (Å²) in [4.78, 5) is 8.93. The molecule has 1 atom stereocenters. The maximum absolute atomic E-state index is 5.41. The predicted molar refractivity (Wildman–Crippen MR) is 79.6 cm³/mol. The molecule has 0 fully saturated rings. The van der Waals surface area contributed by atoms with E-state index in [-0.39, 0.29) is 6.04 Å². The SMILES string of the molecule is COc1ccc2[nH]c(=S)n(C(C)c3cccs3)c2n1. The van der Waals surface area contributed by atoms with Crippen molar-refractivity contribution in [3.8, 4) is 5.88 Å². The fourth-order valence-electron chi connectivity index (χ4n) is 2.11. The summed E-state index contributed by atoms with van der Waals surface area (Å²) in [5.41, 5.74) is 1.75. The van der Waals surface area contributed by atoms with Crippen molar-refractivity contribution >= 4 is 34.7 Å². The summed E-state index contributed by atoms with van der Waals surface area (Å²) in [6.45, 7) is 2.12. The van der Waals surface area contributed by atoms with Gasteiger partial charge in [0.2, 0.25) is 5.88 Å². The molecule has 6 heteroatoms. The van der Waals surface area contributed by atoms with Gasteiger partial charge in [0, 0.05) is 10.9 Å². The second-order valence-corrected chi connectivity index (χ2v) is 5.58. The Bertz CT molecular complexity index is 758. The lowest BCUT2D eigenvalue weighted by atomic mass is 10.2. The third-order valence-corrected chi connectivity index (χ3v) is 4.43. The van der Waals surface area contributed by atoms with Gasteiger partial charge in [-0.15, -0.1) is 11.3 Å². The molecule has 98 valence electrons. The van der Waals surface area contributed by atoms with E-state index >= 15 is 0 Å². The molecule has 0 bridgehead atoms. The molecule has 3 heterocycles. The Morgan fingerprint density at radius 3 is 2.95 bits per heavy atom. The maximum atomic E-state index is 5.41. The van der Waals surface area contributed by atoms with Crippen LogP contribution in [0.4, 0.5) is 0 Å². The smallest absolute Gasteiger partial charge is 0.215 e. The van der Waals surface area contributed by atoms with E-state index in [1.54, 1.807) is 18.4 Å². The van der Waals surface area contributed by atoms with E-state index in [2.05, 4.69) is 28.3 Å². The van der Waals surface area contributed by atoms with Crippen LogP contribution in [-0.4, -0.2) is 21.6 Å². The maximum Gasteiger partial charge on any atom is 0.215 e. The lowest BCUT2D eigenvalue weighted by Gasteiger charge is -2.12. The van der Waals surface area contributed by atoms with Crippen LogP contribution in [0.25, 0.3) is 11.2 Å². The summed E-state index contributed by atoms with van der Waals surface area (Å²) in [5, 5.41) is 2.07. The Morgan fingerprint density at radius 2 is 2.26 bits per heavy atom. The summed E-state index contributed by atoms with van der Waals surface area (Å²) in [7, 11) is 1.61. The Hall–Kier alpha value is -1.66. The molecule has 0 spiro atoms. The fraction of sp³-hybridized carbons (Fsp3) is 0.231. The number of fused-ring (bicyclic) bond motifs is 1. The summed E-state index contributed by atoms with van der Waals surface area (Å²) in [5.74, 6) is 0.591. The normalized spacial score (nSPS) is 12.7. The number of aromatic amines is 1. The average Bonchev–Trinajstić information content (AvgIpc) is 3.03. The molecule has 1 N–H and O–H groups in total. The number of rotatable bonds is 3. The number of hydrogen-bond donors (Lipinski definition) is 1. The van der Waals surface area contributed by atoms with E-state index in [0.717, 1.165) is 11.2 Å². The second-order valence-electron chi connectivity index (χ2n) is 4.22. The molecule has 3 aromatic heterocycles. The van der Waals surface area contributed by atoms with E-state index in [0.29, 0.717) is 10.7 Å². The highest BCUT2D eigenvalue weighted by Crippen LogP contribution is 2.27. The van der Waals surface area contributed by atoms with Gasteiger partial charge < -0.3 is 9.72 Å². The number of imidazole rings is 1. The minimum absolute atomic E-state index is 0.154. The number of nitrogens with zero attached hydrogens (tertiary/aromatic N) is 2. The Kier molecular flexibility index (Phi) is 3.12. The van der Waals surface area contributed by atoms with Crippen LogP contribution in [0.3, 0.4) is 0 Å². The minimum Gasteiger partial charge on any atom is -0.481 e. The summed E-state index contributed by atoms with van der Waals surface area (Å²) >= 11 is 7.13. The molecule has 1 unspecified atom stereocenters. The van der Waals surface area contributed by atoms with Gasteiger partial charge in [-0.1, -0.05) is 6.07 Å². The number of nitrogens with one attached hydrogen (secondary N) is 1. The Balaban J connectivity index is 2.22. The summed E-state index contributed by atoms with van der Waals surface area (Å²) in [6.07, 6.45) is 0. The lowest BCUT2D eigenvalue weighted by molar-refractivity contribution is 0.398. The van der Waals surface area contributed by atoms with Crippen molar-refractivity contribution < 1.29 is 4.74 Å². The molecule has 4 nitrogen and oxygen atoms in total. The highest BCUT2D eigenvalue weighted by molar-refractivity contribution is 7.71. The van der Waals surface area contributed by atoms with E-state index in [4.69, 9.17) is 17.0 Å². The van der Waals surface area contributed by atoms with Gasteiger partial charge in [0.1, 0.15) is 0 Å². The molecule has 0 aliphatic rings. The summed E-state index contributed by atoms with van der Waals surface area (Å²) < 4.78 is 7.89. The zero-order valence-electron chi connectivity index (χ0n) is 10.6. The van der Waals surface area contributed by atoms with Crippen LogP contribution in [0.5, 0.6) is 5.88 Å². The first-order valence-electron chi connectivity index (χ1n) is 5.89. The molecule has 3 aromatic rings. The number of methoxy groups -OCH3 is 1. The molecule has 0 radical (unpaired) electrons. The van der Waals surface area contributed by atoms with Crippen molar-refractivity contribution in [2.45, 2.75) is 13.0 Å². The van der Waals surface area contributed by atoms with Crippen molar-refractivity contribution in [3.05, 3.63) is 39.3 Å². The molecule has 0 aromatic carbocycles. The van der Waals surface area contributed by atoms with Gasteiger partial charge in [0.15, 0.2) is 10.4 Å². The molecule has 0 amide bonds. The van der Waals surface area contributed by atoms with Gasteiger partial charge in [-0.25, -0.2) is 0 Å². The molecule has 0 saturated carbocycles. The number of aromatic nitrogens is 3. The van der Waals surface area contributed by atoms with Crippen molar-refractivity contribution in [1.82, 2.24) is 14.5 Å². The molecule has 3 rings (SSSR count). The minimum atomic E-state index is 0.154. The molecular formula is C13H13N3OS2. The van der Waals surface area contributed by atoms with Crippen LogP contribution in [0.1, 0.15) is 17.8 Å². The number of H-pyrrole nitrogens is 1. The van der Waals surface area contributed by atoms with Crippen molar-refractivity contribution in [3.63, 3.8) is 0 Å². The largest absolute Gasteiger partial charge is 0.481 e. The first kappa shape index (κ1) is 12.4. The van der Waals surface area contributed by atoms with Crippen LogP contribution in [0.15, 0.2) is 29.6 Å². The zero-order valence-corrected chi connectivity index (χ0v) is 12.2. The van der Waals surface area contributed by atoms with E-state index < -0.39 is 0 Å². The van der Waals surface area contributed by atoms with Crippen molar-refractivity contribution in [2.24, 2.45) is 0 Å². The van der Waals surface area contributed by atoms with Gasteiger partial charge in [0.25, 0.3) is 0 Å². The Labute approximate surface area is 119 Å².